The first kappa shape index (κ1) is 42.5. The van der Waals surface area contributed by atoms with Crippen molar-refractivity contribution >= 4 is 48.1 Å². The van der Waals surface area contributed by atoms with Gasteiger partial charge in [0.25, 0.3) is 0 Å². The van der Waals surface area contributed by atoms with Crippen LogP contribution >= 0.6 is 12.6 Å². The van der Waals surface area contributed by atoms with E-state index in [0.717, 1.165) is 0 Å². The maximum atomic E-state index is 13.7. The number of aliphatic hydroxyl groups is 1. The molecule has 11 N–H and O–H groups in total. The summed E-state index contributed by atoms with van der Waals surface area (Å²) in [6.07, 6.45) is 1.36. The first-order chi connectivity index (χ1) is 23.9. The number of H-pyrrole nitrogens is 1. The Morgan fingerprint density at radius 1 is 0.784 bits per heavy atom. The number of benzene rings is 1. The number of amides is 5. The molecule has 1 heterocycles. The van der Waals surface area contributed by atoms with Crippen LogP contribution in [-0.4, -0.2) is 109 Å². The highest BCUT2D eigenvalue weighted by Crippen LogP contribution is 2.13. The molecule has 2 rings (SSSR count). The van der Waals surface area contributed by atoms with Crippen molar-refractivity contribution in [1.29, 1.82) is 0 Å². The Morgan fingerprint density at radius 2 is 1.31 bits per heavy atom. The zero-order valence-electron chi connectivity index (χ0n) is 29.3. The van der Waals surface area contributed by atoms with Crippen molar-refractivity contribution < 1.29 is 44.1 Å². The standard InChI is InChI=1S/C33H50N8O9S/c1-16(2)10-22(37-29(45)24(12-20-13-35-15-36-20)38-31(47)26(34)17(3)4)30(46)41-27(18(5)42)32(48)39-23(11-19-6-8-21(43)9-7-19)28(44)40-25(14-51)33(49)50/h6-9,13,15-18,22-27,42-43,51H,10-12,14,34H2,1-5H3,(H,35,36)(H,37,45)(H,38,47)(H,39,48)(H,40,44)(H,41,46)(H,49,50)/t18-,22+,23+,24+,25+,26+,27+/m1/s1. The van der Waals surface area contributed by atoms with Gasteiger partial charge in [-0.25, -0.2) is 9.78 Å². The Kier molecular flexibility index (Phi) is 16.9. The first-order valence-electron chi connectivity index (χ1n) is 16.5. The van der Waals surface area contributed by atoms with E-state index in [2.05, 4.69) is 49.2 Å². The predicted molar refractivity (Wildman–Crippen MR) is 189 cm³/mol. The molecule has 0 aliphatic heterocycles. The summed E-state index contributed by atoms with van der Waals surface area (Å²) in [5.74, 6) is -5.96. The summed E-state index contributed by atoms with van der Waals surface area (Å²) >= 11 is 3.96. The van der Waals surface area contributed by atoms with Crippen molar-refractivity contribution in [2.24, 2.45) is 17.6 Å². The number of phenols is 1. The molecule has 51 heavy (non-hydrogen) atoms. The zero-order chi connectivity index (χ0) is 38.4. The minimum atomic E-state index is -1.62. The van der Waals surface area contributed by atoms with Crippen LogP contribution in [-0.2, 0) is 41.6 Å². The number of nitrogens with two attached hydrogens (primary N) is 1. The van der Waals surface area contributed by atoms with Gasteiger partial charge in [-0.2, -0.15) is 12.6 Å². The van der Waals surface area contributed by atoms with E-state index in [-0.39, 0.29) is 42.6 Å². The molecule has 17 nitrogen and oxygen atoms in total. The number of imidazole rings is 1. The monoisotopic (exact) mass is 734 g/mol. The van der Waals surface area contributed by atoms with Crippen LogP contribution in [0.3, 0.4) is 0 Å². The SMILES string of the molecule is CC(C)C[C@H](NC(=O)[C@H](Cc1cnc[nH]1)NC(=O)[C@@H](N)C(C)C)C(=O)N[C@H](C(=O)N[C@@H](Cc1ccc(O)cc1)C(=O)N[C@@H](CS)C(=O)O)[C@@H](C)O. The van der Waals surface area contributed by atoms with Crippen molar-refractivity contribution in [3.8, 4) is 5.75 Å². The van der Waals surface area contributed by atoms with E-state index in [1.807, 2.05) is 0 Å². The number of aliphatic carboxylic acids is 1. The number of rotatable bonds is 20. The second kappa shape index (κ2) is 20.2. The molecule has 1 aromatic heterocycles. The third-order valence-corrected chi connectivity index (χ3v) is 8.21. The lowest BCUT2D eigenvalue weighted by atomic mass is 10.00. The third kappa shape index (κ3) is 13.9. The number of thiol groups is 1. The van der Waals surface area contributed by atoms with Crippen LogP contribution in [0.4, 0.5) is 0 Å². The number of nitrogens with zero attached hydrogens (tertiary/aromatic N) is 1. The van der Waals surface area contributed by atoms with Crippen LogP contribution in [0.1, 0.15) is 52.3 Å². The van der Waals surface area contributed by atoms with E-state index in [4.69, 9.17) is 5.73 Å². The summed E-state index contributed by atoms with van der Waals surface area (Å²) in [5.41, 5.74) is 7.02. The summed E-state index contributed by atoms with van der Waals surface area (Å²) in [6, 6.07) is -1.94. The molecule has 0 aliphatic rings. The van der Waals surface area contributed by atoms with Gasteiger partial charge in [-0.15, -0.1) is 0 Å². The average Bonchev–Trinajstić information content (AvgIpc) is 3.58. The zero-order valence-corrected chi connectivity index (χ0v) is 30.1. The summed E-state index contributed by atoms with van der Waals surface area (Å²) in [5, 5.41) is 42.2. The smallest absolute Gasteiger partial charge is 0.327 e. The van der Waals surface area contributed by atoms with Gasteiger partial charge >= 0.3 is 5.97 Å². The highest BCUT2D eigenvalue weighted by Gasteiger charge is 2.35. The Morgan fingerprint density at radius 3 is 1.80 bits per heavy atom. The molecular formula is C33H50N8O9S. The Bertz CT molecular complexity index is 1470. The van der Waals surface area contributed by atoms with Crippen LogP contribution in [0.2, 0.25) is 0 Å². The average molecular weight is 735 g/mol. The van der Waals surface area contributed by atoms with E-state index in [0.29, 0.717) is 11.3 Å². The molecule has 282 valence electrons. The number of aromatic nitrogens is 2. The number of aromatic hydroxyl groups is 1. The number of aliphatic hydroxyl groups excluding tert-OH is 1. The lowest BCUT2D eigenvalue weighted by molar-refractivity contribution is -0.141. The molecular weight excluding hydrogens is 684 g/mol. The molecule has 0 unspecified atom stereocenters. The molecule has 0 fully saturated rings. The van der Waals surface area contributed by atoms with Crippen molar-refractivity contribution in [2.75, 3.05) is 5.75 Å². The molecule has 18 heteroatoms. The fraction of sp³-hybridized carbons (Fsp3) is 0.545. The normalized spacial score (nSPS) is 15.4. The van der Waals surface area contributed by atoms with Gasteiger partial charge < -0.3 is 52.6 Å². The predicted octanol–water partition coefficient (Wildman–Crippen LogP) is -1.25. The number of carboxylic acid groups (broad SMARTS) is 1. The third-order valence-electron chi connectivity index (χ3n) is 7.84. The van der Waals surface area contributed by atoms with Crippen LogP contribution in [0, 0.1) is 11.8 Å². The van der Waals surface area contributed by atoms with Gasteiger partial charge in [-0.3, -0.25) is 24.0 Å². The summed E-state index contributed by atoms with van der Waals surface area (Å²) < 4.78 is 0. The molecule has 1 aromatic carbocycles. The van der Waals surface area contributed by atoms with Gasteiger partial charge in [-0.1, -0.05) is 39.8 Å². The summed E-state index contributed by atoms with van der Waals surface area (Å²) in [4.78, 5) is 85.3. The number of hydrogen-bond acceptors (Lipinski definition) is 11. The van der Waals surface area contributed by atoms with E-state index in [1.54, 1.807) is 27.7 Å². The Labute approximate surface area is 301 Å². The molecule has 7 atom stereocenters. The number of carboxylic acids is 1. The van der Waals surface area contributed by atoms with Gasteiger partial charge in [0.2, 0.25) is 29.5 Å². The number of phenolic OH excluding ortho intramolecular Hbond substituents is 1. The van der Waals surface area contributed by atoms with Crippen molar-refractivity contribution in [3.05, 3.63) is 48.0 Å². The minimum Gasteiger partial charge on any atom is -0.508 e. The van der Waals surface area contributed by atoms with Gasteiger partial charge in [0.15, 0.2) is 0 Å². The molecule has 0 aliphatic carbocycles. The molecule has 0 saturated carbocycles. The quantitative estimate of drug-likeness (QED) is 0.0715. The Balaban J connectivity index is 2.31. The van der Waals surface area contributed by atoms with E-state index < -0.39 is 77.9 Å². The maximum Gasteiger partial charge on any atom is 0.327 e. The van der Waals surface area contributed by atoms with Gasteiger partial charge in [0.05, 0.1) is 18.5 Å². The van der Waals surface area contributed by atoms with Crippen molar-refractivity contribution in [1.82, 2.24) is 36.6 Å². The summed E-state index contributed by atoms with van der Waals surface area (Å²) in [7, 11) is 0. The Hall–Kier alpha value is -4.68. The second-order valence-corrected chi connectivity index (χ2v) is 13.4. The molecule has 0 radical (unpaired) electrons. The number of hydrogen-bond donors (Lipinski definition) is 11. The highest BCUT2D eigenvalue weighted by atomic mass is 32.1. The largest absolute Gasteiger partial charge is 0.508 e. The van der Waals surface area contributed by atoms with Crippen LogP contribution in [0.25, 0.3) is 0 Å². The van der Waals surface area contributed by atoms with Crippen LogP contribution < -0.4 is 32.3 Å². The fourth-order valence-electron chi connectivity index (χ4n) is 4.83. The summed E-state index contributed by atoms with van der Waals surface area (Å²) in [6.45, 7) is 8.35. The van der Waals surface area contributed by atoms with Crippen molar-refractivity contribution in [2.45, 2.75) is 96.2 Å². The van der Waals surface area contributed by atoms with Gasteiger partial charge in [0.1, 0.15) is 36.0 Å². The molecule has 0 spiro atoms. The second-order valence-electron chi connectivity index (χ2n) is 13.0. The van der Waals surface area contributed by atoms with Crippen molar-refractivity contribution in [3.63, 3.8) is 0 Å². The number of aromatic amines is 1. The van der Waals surface area contributed by atoms with E-state index in [1.165, 1.54) is 43.7 Å². The van der Waals surface area contributed by atoms with E-state index in [9.17, 15) is 44.1 Å². The lowest BCUT2D eigenvalue weighted by Gasteiger charge is -2.29. The number of carbonyl (C=O) groups excluding carboxylic acids is 5. The van der Waals surface area contributed by atoms with Gasteiger partial charge in [-0.05, 0) is 42.9 Å². The molecule has 5 amide bonds. The van der Waals surface area contributed by atoms with Crippen LogP contribution in [0.5, 0.6) is 5.75 Å². The fourth-order valence-corrected chi connectivity index (χ4v) is 5.07. The lowest BCUT2D eigenvalue weighted by Crippen LogP contribution is -2.62. The minimum absolute atomic E-state index is 0.00243. The van der Waals surface area contributed by atoms with E-state index >= 15 is 0 Å². The molecule has 2 aromatic rings. The van der Waals surface area contributed by atoms with Crippen LogP contribution in [0.15, 0.2) is 36.8 Å². The molecule has 0 saturated heterocycles. The first-order valence-corrected chi connectivity index (χ1v) is 17.1. The highest BCUT2D eigenvalue weighted by molar-refractivity contribution is 7.80. The number of nitrogens with one attached hydrogen (secondary N) is 6. The molecule has 0 bridgehead atoms. The number of carbonyl (C=O) groups is 6. The topological polar surface area (TPSA) is 278 Å². The van der Waals surface area contributed by atoms with Gasteiger partial charge in [0, 0.05) is 30.5 Å². The maximum absolute atomic E-state index is 13.7.